The standard InChI is InChI=1S/C19H20N2O2/c1-13(2)21-18-6-4-3-5-14(18)11-15(19(21)23)12-20-16-7-9-17(22)10-8-16/h3-11,13,20,22H,12H2,1-2H3. The Bertz CT molecular complexity index is 880. The molecule has 3 rings (SSSR count). The van der Waals surface area contributed by atoms with E-state index >= 15 is 0 Å². The summed E-state index contributed by atoms with van der Waals surface area (Å²) in [5.41, 5.74) is 2.59. The van der Waals surface area contributed by atoms with Crippen LogP contribution >= 0.6 is 0 Å². The van der Waals surface area contributed by atoms with Crippen LogP contribution in [0.15, 0.2) is 59.4 Å². The molecule has 0 aliphatic rings. The van der Waals surface area contributed by atoms with Gasteiger partial charge < -0.3 is 15.0 Å². The van der Waals surface area contributed by atoms with Crippen molar-refractivity contribution in [3.05, 3.63) is 70.5 Å². The number of aromatic nitrogens is 1. The van der Waals surface area contributed by atoms with Gasteiger partial charge in [-0.05, 0) is 55.6 Å². The second-order valence-electron chi connectivity index (χ2n) is 5.90. The van der Waals surface area contributed by atoms with E-state index < -0.39 is 0 Å². The first-order valence-electron chi connectivity index (χ1n) is 7.72. The van der Waals surface area contributed by atoms with Crippen LogP contribution in [0.1, 0.15) is 25.5 Å². The van der Waals surface area contributed by atoms with Crippen molar-refractivity contribution in [2.75, 3.05) is 5.32 Å². The summed E-state index contributed by atoms with van der Waals surface area (Å²) in [4.78, 5) is 12.8. The first-order valence-corrected chi connectivity index (χ1v) is 7.72. The Balaban J connectivity index is 1.99. The molecular formula is C19H20N2O2. The largest absolute Gasteiger partial charge is 0.508 e. The fraction of sp³-hybridized carbons (Fsp3) is 0.211. The third kappa shape index (κ3) is 3.06. The third-order valence-electron chi connectivity index (χ3n) is 3.89. The van der Waals surface area contributed by atoms with Gasteiger partial charge in [0, 0.05) is 23.8 Å². The van der Waals surface area contributed by atoms with Crippen LogP contribution in [0.3, 0.4) is 0 Å². The summed E-state index contributed by atoms with van der Waals surface area (Å²) >= 11 is 0. The number of hydrogen-bond donors (Lipinski definition) is 2. The van der Waals surface area contributed by atoms with E-state index in [2.05, 4.69) is 5.32 Å². The number of phenols is 1. The van der Waals surface area contributed by atoms with Crippen molar-refractivity contribution >= 4 is 16.6 Å². The fourth-order valence-corrected chi connectivity index (χ4v) is 2.76. The molecule has 0 saturated carbocycles. The molecule has 0 saturated heterocycles. The van der Waals surface area contributed by atoms with Gasteiger partial charge in [0.15, 0.2) is 0 Å². The normalized spacial score (nSPS) is 11.1. The number of para-hydroxylation sites is 1. The minimum atomic E-state index is 0.0324. The molecule has 1 heterocycles. The molecule has 3 aromatic rings. The number of nitrogens with zero attached hydrogens (tertiary/aromatic N) is 1. The number of phenolic OH excluding ortho intramolecular Hbond substituents is 1. The second-order valence-corrected chi connectivity index (χ2v) is 5.90. The van der Waals surface area contributed by atoms with Gasteiger partial charge in [0.05, 0.1) is 5.52 Å². The summed E-state index contributed by atoms with van der Waals surface area (Å²) in [7, 11) is 0. The van der Waals surface area contributed by atoms with Crippen LogP contribution in [0.5, 0.6) is 5.75 Å². The third-order valence-corrected chi connectivity index (χ3v) is 3.89. The maximum absolute atomic E-state index is 12.8. The molecule has 4 heteroatoms. The van der Waals surface area contributed by atoms with Gasteiger partial charge in [-0.15, -0.1) is 0 Å². The Morgan fingerprint density at radius 3 is 2.48 bits per heavy atom. The number of rotatable bonds is 4. The summed E-state index contributed by atoms with van der Waals surface area (Å²) in [6.45, 7) is 4.48. The maximum Gasteiger partial charge on any atom is 0.256 e. The van der Waals surface area contributed by atoms with E-state index in [0.29, 0.717) is 6.54 Å². The van der Waals surface area contributed by atoms with Crippen LogP contribution in [0, 0.1) is 0 Å². The van der Waals surface area contributed by atoms with Crippen LogP contribution in [0.2, 0.25) is 0 Å². The zero-order valence-electron chi connectivity index (χ0n) is 13.3. The molecule has 0 aliphatic carbocycles. The fourth-order valence-electron chi connectivity index (χ4n) is 2.76. The van der Waals surface area contributed by atoms with Gasteiger partial charge in [0.2, 0.25) is 0 Å². The molecule has 4 nitrogen and oxygen atoms in total. The molecule has 0 amide bonds. The van der Waals surface area contributed by atoms with E-state index in [-0.39, 0.29) is 17.4 Å². The Morgan fingerprint density at radius 2 is 1.78 bits per heavy atom. The van der Waals surface area contributed by atoms with E-state index in [9.17, 15) is 9.90 Å². The summed E-state index contributed by atoms with van der Waals surface area (Å²) in [5, 5.41) is 13.6. The van der Waals surface area contributed by atoms with Crippen molar-refractivity contribution in [2.45, 2.75) is 26.4 Å². The zero-order valence-corrected chi connectivity index (χ0v) is 13.3. The Hall–Kier alpha value is -2.75. The van der Waals surface area contributed by atoms with Crippen molar-refractivity contribution in [1.82, 2.24) is 4.57 Å². The highest BCUT2D eigenvalue weighted by Gasteiger charge is 2.11. The van der Waals surface area contributed by atoms with Gasteiger partial charge in [0.1, 0.15) is 5.75 Å². The van der Waals surface area contributed by atoms with Gasteiger partial charge in [-0.25, -0.2) is 0 Å². The molecule has 0 aliphatic heterocycles. The molecule has 0 spiro atoms. The van der Waals surface area contributed by atoms with Crippen LogP contribution in [0.4, 0.5) is 5.69 Å². The molecule has 0 atom stereocenters. The molecule has 0 fully saturated rings. The monoisotopic (exact) mass is 308 g/mol. The van der Waals surface area contributed by atoms with Crippen LogP contribution < -0.4 is 10.9 Å². The highest BCUT2D eigenvalue weighted by Crippen LogP contribution is 2.18. The predicted molar refractivity (Wildman–Crippen MR) is 94.0 cm³/mol. The molecule has 0 unspecified atom stereocenters. The summed E-state index contributed by atoms with van der Waals surface area (Å²) in [6, 6.07) is 16.8. The summed E-state index contributed by atoms with van der Waals surface area (Å²) in [5.74, 6) is 0.225. The van der Waals surface area contributed by atoms with Crippen molar-refractivity contribution in [3.8, 4) is 5.75 Å². The molecule has 0 bridgehead atoms. The lowest BCUT2D eigenvalue weighted by Gasteiger charge is -2.16. The van der Waals surface area contributed by atoms with Crippen LogP contribution in [0.25, 0.3) is 10.9 Å². The first-order chi connectivity index (χ1) is 11.1. The van der Waals surface area contributed by atoms with E-state index in [4.69, 9.17) is 0 Å². The average Bonchev–Trinajstić information content (AvgIpc) is 2.54. The molecule has 2 N–H and O–H groups in total. The lowest BCUT2D eigenvalue weighted by atomic mass is 10.1. The number of nitrogens with one attached hydrogen (secondary N) is 1. The number of pyridine rings is 1. The molecule has 118 valence electrons. The second kappa shape index (κ2) is 6.16. The highest BCUT2D eigenvalue weighted by atomic mass is 16.3. The quantitative estimate of drug-likeness (QED) is 0.719. The first kappa shape index (κ1) is 15.2. The van der Waals surface area contributed by atoms with Gasteiger partial charge in [-0.3, -0.25) is 4.79 Å². The van der Waals surface area contributed by atoms with Crippen molar-refractivity contribution in [1.29, 1.82) is 0 Å². The average molecular weight is 308 g/mol. The van der Waals surface area contributed by atoms with E-state index in [0.717, 1.165) is 22.2 Å². The van der Waals surface area contributed by atoms with Gasteiger partial charge in [-0.1, -0.05) is 18.2 Å². The molecule has 2 aromatic carbocycles. The number of benzene rings is 2. The Morgan fingerprint density at radius 1 is 1.09 bits per heavy atom. The number of fused-ring (bicyclic) bond motifs is 1. The van der Waals surface area contributed by atoms with Crippen LogP contribution in [-0.4, -0.2) is 9.67 Å². The minimum absolute atomic E-state index is 0.0324. The predicted octanol–water partition coefficient (Wildman–Crippen LogP) is 3.90. The van der Waals surface area contributed by atoms with E-state index in [1.807, 2.05) is 48.7 Å². The van der Waals surface area contributed by atoms with Crippen LogP contribution in [-0.2, 0) is 6.54 Å². The number of aromatic hydroxyl groups is 1. The topological polar surface area (TPSA) is 54.3 Å². The number of anilines is 1. The van der Waals surface area contributed by atoms with Gasteiger partial charge in [-0.2, -0.15) is 0 Å². The molecule has 23 heavy (non-hydrogen) atoms. The smallest absolute Gasteiger partial charge is 0.256 e. The summed E-state index contributed by atoms with van der Waals surface area (Å²) in [6.07, 6.45) is 0. The van der Waals surface area contributed by atoms with E-state index in [1.165, 1.54) is 0 Å². The lowest BCUT2D eigenvalue weighted by molar-refractivity contribution is 0.475. The zero-order chi connectivity index (χ0) is 16.4. The Labute approximate surface area is 135 Å². The lowest BCUT2D eigenvalue weighted by Crippen LogP contribution is -2.26. The van der Waals surface area contributed by atoms with E-state index in [1.54, 1.807) is 24.3 Å². The highest BCUT2D eigenvalue weighted by molar-refractivity contribution is 5.79. The minimum Gasteiger partial charge on any atom is -0.508 e. The Kier molecular flexibility index (Phi) is 4.06. The van der Waals surface area contributed by atoms with Crippen molar-refractivity contribution in [3.63, 3.8) is 0 Å². The van der Waals surface area contributed by atoms with Gasteiger partial charge >= 0.3 is 0 Å². The molecule has 1 aromatic heterocycles. The van der Waals surface area contributed by atoms with Crippen molar-refractivity contribution < 1.29 is 5.11 Å². The van der Waals surface area contributed by atoms with Crippen molar-refractivity contribution in [2.24, 2.45) is 0 Å². The van der Waals surface area contributed by atoms with Gasteiger partial charge in [0.25, 0.3) is 5.56 Å². The number of hydrogen-bond acceptors (Lipinski definition) is 3. The molecule has 0 radical (unpaired) electrons. The molecular weight excluding hydrogens is 288 g/mol. The maximum atomic E-state index is 12.8. The summed E-state index contributed by atoms with van der Waals surface area (Å²) < 4.78 is 1.84. The SMILES string of the molecule is CC(C)n1c(=O)c(CNc2ccc(O)cc2)cc2ccccc21.